The molecule has 1 aromatic heterocycles. The van der Waals surface area contributed by atoms with Gasteiger partial charge in [-0.2, -0.15) is 0 Å². The van der Waals surface area contributed by atoms with Crippen molar-refractivity contribution in [2.75, 3.05) is 12.0 Å². The number of methoxy groups -OCH3 is 1. The van der Waals surface area contributed by atoms with E-state index in [0.717, 1.165) is 16.5 Å². The Morgan fingerprint density at radius 2 is 1.94 bits per heavy atom. The van der Waals surface area contributed by atoms with Crippen molar-refractivity contribution in [3.8, 4) is 5.75 Å². The van der Waals surface area contributed by atoms with Gasteiger partial charge in [0.05, 0.1) is 23.4 Å². The minimum atomic E-state index is -1.03. The fourth-order valence-electron chi connectivity index (χ4n) is 3.73. The number of halogens is 2. The van der Waals surface area contributed by atoms with Crippen molar-refractivity contribution in [1.29, 1.82) is 0 Å². The van der Waals surface area contributed by atoms with E-state index in [1.807, 2.05) is 0 Å². The van der Waals surface area contributed by atoms with Gasteiger partial charge in [0.1, 0.15) is 23.4 Å². The number of hydrogen-bond donors (Lipinski definition) is 1. The zero-order chi connectivity index (χ0) is 23.0. The predicted octanol–water partition coefficient (Wildman–Crippen LogP) is 4.82. The van der Waals surface area contributed by atoms with Crippen molar-refractivity contribution in [1.82, 2.24) is 4.98 Å². The third kappa shape index (κ3) is 3.61. The van der Waals surface area contributed by atoms with Crippen LogP contribution in [0.3, 0.4) is 0 Å². The van der Waals surface area contributed by atoms with Crippen molar-refractivity contribution in [3.63, 3.8) is 0 Å². The quantitative estimate of drug-likeness (QED) is 0.349. The highest BCUT2D eigenvalue weighted by Crippen LogP contribution is 2.42. The van der Waals surface area contributed by atoms with E-state index in [4.69, 9.17) is 16.3 Å². The third-order valence-corrected chi connectivity index (χ3v) is 5.55. The minimum absolute atomic E-state index is 0.126. The second kappa shape index (κ2) is 8.43. The molecule has 1 unspecified atom stereocenters. The number of carbonyl (C=O) groups is 2. The normalized spacial score (nSPS) is 17.6. The molecule has 2 heterocycles. The van der Waals surface area contributed by atoms with E-state index in [-0.39, 0.29) is 22.0 Å². The number of amides is 1. The lowest BCUT2D eigenvalue weighted by Crippen LogP contribution is -2.29. The van der Waals surface area contributed by atoms with Gasteiger partial charge in [0, 0.05) is 17.4 Å². The van der Waals surface area contributed by atoms with Crippen molar-refractivity contribution in [3.05, 3.63) is 94.0 Å². The van der Waals surface area contributed by atoms with Crippen LogP contribution in [0.15, 0.2) is 66.4 Å². The Morgan fingerprint density at radius 3 is 2.56 bits per heavy atom. The van der Waals surface area contributed by atoms with Crippen LogP contribution in [0, 0.1) is 12.7 Å². The van der Waals surface area contributed by atoms with Gasteiger partial charge < -0.3 is 9.84 Å². The zero-order valence-electron chi connectivity index (χ0n) is 17.2. The second-order valence-corrected chi connectivity index (χ2v) is 7.61. The minimum Gasteiger partial charge on any atom is -0.507 e. The van der Waals surface area contributed by atoms with Crippen LogP contribution in [0.25, 0.3) is 5.76 Å². The first-order valence-corrected chi connectivity index (χ1v) is 10.0. The molecule has 1 atom stereocenters. The molecule has 3 aromatic rings. The molecule has 1 fully saturated rings. The Bertz CT molecular complexity index is 1260. The molecule has 4 rings (SSSR count). The Labute approximate surface area is 188 Å². The number of ketones is 1. The van der Waals surface area contributed by atoms with Crippen molar-refractivity contribution < 1.29 is 23.8 Å². The van der Waals surface area contributed by atoms with E-state index < -0.39 is 23.5 Å². The monoisotopic (exact) mass is 452 g/mol. The summed E-state index contributed by atoms with van der Waals surface area (Å²) in [5.41, 5.74) is 1.53. The number of hydrogen-bond acceptors (Lipinski definition) is 5. The van der Waals surface area contributed by atoms with Gasteiger partial charge >= 0.3 is 0 Å². The van der Waals surface area contributed by atoms with Gasteiger partial charge in [0.2, 0.25) is 0 Å². The molecule has 0 saturated carbocycles. The van der Waals surface area contributed by atoms with Crippen molar-refractivity contribution >= 4 is 34.7 Å². The highest BCUT2D eigenvalue weighted by Gasteiger charge is 2.47. The molecule has 2 aromatic carbocycles. The number of benzene rings is 2. The van der Waals surface area contributed by atoms with E-state index in [1.54, 1.807) is 43.3 Å². The van der Waals surface area contributed by atoms with Gasteiger partial charge in [0.25, 0.3) is 11.7 Å². The topological polar surface area (TPSA) is 79.7 Å². The average molecular weight is 453 g/mol. The maximum Gasteiger partial charge on any atom is 0.300 e. The molecule has 1 aliphatic heterocycles. The summed E-state index contributed by atoms with van der Waals surface area (Å²) < 4.78 is 19.0. The Kier molecular flexibility index (Phi) is 5.67. The lowest BCUT2D eigenvalue weighted by Gasteiger charge is -2.24. The third-order valence-electron chi connectivity index (χ3n) is 5.26. The molecule has 162 valence electrons. The van der Waals surface area contributed by atoms with Crippen LogP contribution in [0.4, 0.5) is 10.1 Å². The van der Waals surface area contributed by atoms with E-state index in [9.17, 15) is 19.1 Å². The van der Waals surface area contributed by atoms with Crippen LogP contribution < -0.4 is 9.64 Å². The Balaban J connectivity index is 1.94. The van der Waals surface area contributed by atoms with Crippen LogP contribution in [-0.2, 0) is 9.59 Å². The Morgan fingerprint density at radius 1 is 1.16 bits per heavy atom. The number of aliphatic hydroxyl groups excluding tert-OH is 1. The van der Waals surface area contributed by atoms with Crippen LogP contribution in [-0.4, -0.2) is 28.9 Å². The molecular formula is C24H18ClFN2O4. The summed E-state index contributed by atoms with van der Waals surface area (Å²) >= 11 is 5.92. The van der Waals surface area contributed by atoms with Crippen molar-refractivity contribution in [2.24, 2.45) is 0 Å². The first-order valence-electron chi connectivity index (χ1n) is 9.65. The number of aromatic nitrogens is 1. The van der Waals surface area contributed by atoms with Gasteiger partial charge in [-0.15, -0.1) is 0 Å². The molecular weight excluding hydrogens is 435 g/mol. The van der Waals surface area contributed by atoms with Gasteiger partial charge in [-0.25, -0.2) is 4.39 Å². The first-order chi connectivity index (χ1) is 15.3. The van der Waals surface area contributed by atoms with E-state index >= 15 is 0 Å². The van der Waals surface area contributed by atoms with Gasteiger partial charge in [-0.05, 0) is 61.0 Å². The lowest BCUT2D eigenvalue weighted by molar-refractivity contribution is -0.132. The first kappa shape index (κ1) is 21.5. The highest BCUT2D eigenvalue weighted by molar-refractivity contribution is 6.51. The van der Waals surface area contributed by atoms with E-state index in [0.29, 0.717) is 17.0 Å². The van der Waals surface area contributed by atoms with Gasteiger partial charge in [-0.1, -0.05) is 17.7 Å². The van der Waals surface area contributed by atoms with Gasteiger partial charge in [0.15, 0.2) is 0 Å². The average Bonchev–Trinajstić information content (AvgIpc) is 3.06. The van der Waals surface area contributed by atoms with Gasteiger partial charge in [-0.3, -0.25) is 19.5 Å². The fraction of sp³-hybridized carbons (Fsp3) is 0.125. The summed E-state index contributed by atoms with van der Waals surface area (Å²) in [5, 5.41) is 10.9. The van der Waals surface area contributed by atoms with Crippen LogP contribution in [0.1, 0.15) is 22.9 Å². The number of rotatable bonds is 4. The number of anilines is 1. The largest absolute Gasteiger partial charge is 0.507 e. The summed E-state index contributed by atoms with van der Waals surface area (Å²) in [7, 11) is 1.53. The number of aliphatic hydroxyl groups is 1. The summed E-state index contributed by atoms with van der Waals surface area (Å²) in [4.78, 5) is 31.6. The predicted molar refractivity (Wildman–Crippen MR) is 118 cm³/mol. The van der Waals surface area contributed by atoms with Crippen molar-refractivity contribution in [2.45, 2.75) is 13.0 Å². The standard InChI is InChI=1S/C24H18ClFN2O4/c1-13-11-14(6-9-19(13)32-2)22(29)20-21(18-5-3-4-10-27-18)28(24(31)23(20)30)15-7-8-17(26)16(25)12-15/h3-12,21,29H,1-2H3/b22-20+. The van der Waals surface area contributed by atoms with Crippen LogP contribution in [0.2, 0.25) is 5.02 Å². The summed E-state index contributed by atoms with van der Waals surface area (Å²) in [5.74, 6) is -2.15. The fourth-order valence-corrected chi connectivity index (χ4v) is 3.91. The summed E-state index contributed by atoms with van der Waals surface area (Å²) in [6.07, 6.45) is 1.52. The van der Waals surface area contributed by atoms with E-state index in [1.165, 1.54) is 25.4 Å². The maximum atomic E-state index is 13.7. The molecule has 0 aliphatic carbocycles. The smallest absolute Gasteiger partial charge is 0.300 e. The zero-order valence-corrected chi connectivity index (χ0v) is 17.9. The maximum absolute atomic E-state index is 13.7. The van der Waals surface area contributed by atoms with Crippen LogP contribution in [0.5, 0.6) is 5.75 Å². The second-order valence-electron chi connectivity index (χ2n) is 7.21. The number of Topliss-reactive ketones (excluding diaryl/α,β-unsaturated/α-hetero) is 1. The molecule has 6 nitrogen and oxygen atoms in total. The highest BCUT2D eigenvalue weighted by atomic mass is 35.5. The van der Waals surface area contributed by atoms with Crippen LogP contribution >= 0.6 is 11.6 Å². The number of ether oxygens (including phenoxy) is 1. The number of nitrogens with zero attached hydrogens (tertiary/aromatic N) is 2. The molecule has 32 heavy (non-hydrogen) atoms. The molecule has 0 bridgehead atoms. The molecule has 8 heteroatoms. The molecule has 1 amide bonds. The molecule has 1 saturated heterocycles. The number of pyridine rings is 1. The summed E-state index contributed by atoms with van der Waals surface area (Å²) in [6.45, 7) is 1.80. The number of carbonyl (C=O) groups excluding carboxylic acids is 2. The molecule has 1 aliphatic rings. The SMILES string of the molecule is COc1ccc(/C(O)=C2\C(=O)C(=O)N(c3ccc(F)c(Cl)c3)C2c2ccccn2)cc1C. The number of aryl methyl sites for hydroxylation is 1. The lowest BCUT2D eigenvalue weighted by atomic mass is 9.97. The molecule has 0 spiro atoms. The summed E-state index contributed by atoms with van der Waals surface area (Å²) in [6, 6.07) is 12.6. The molecule has 0 radical (unpaired) electrons. The van der Waals surface area contributed by atoms with E-state index in [2.05, 4.69) is 4.98 Å². The Hall–Kier alpha value is -3.71. The molecule has 1 N–H and O–H groups in total.